The van der Waals surface area contributed by atoms with Crippen LogP contribution >= 0.6 is 0 Å². The summed E-state index contributed by atoms with van der Waals surface area (Å²) in [6, 6.07) is 0.595. The maximum Gasteiger partial charge on any atom is 0.305 e. The lowest BCUT2D eigenvalue weighted by Gasteiger charge is -2.32. The highest BCUT2D eigenvalue weighted by Crippen LogP contribution is 2.17. The number of guanidine groups is 1. The molecule has 7 heteroatoms. The van der Waals surface area contributed by atoms with Gasteiger partial charge < -0.3 is 19.7 Å². The number of ether oxygens (including phenoxy) is 2. The van der Waals surface area contributed by atoms with E-state index in [4.69, 9.17) is 9.47 Å². The molecule has 0 aromatic rings. The van der Waals surface area contributed by atoms with Gasteiger partial charge in [0.15, 0.2) is 5.96 Å². The molecule has 2 rings (SSSR count). The predicted octanol–water partition coefficient (Wildman–Crippen LogP) is 0.702. The molecule has 0 aliphatic carbocycles. The molecule has 1 N–H and O–H groups in total. The van der Waals surface area contributed by atoms with E-state index in [-0.39, 0.29) is 5.97 Å². The number of esters is 1. The number of likely N-dealkylation sites (tertiary alicyclic amines) is 1. The van der Waals surface area contributed by atoms with Gasteiger partial charge in [0.2, 0.25) is 0 Å². The van der Waals surface area contributed by atoms with Gasteiger partial charge in [-0.15, -0.1) is 0 Å². The van der Waals surface area contributed by atoms with Crippen LogP contribution in [0.2, 0.25) is 0 Å². The lowest BCUT2D eigenvalue weighted by molar-refractivity contribution is -0.143. The summed E-state index contributed by atoms with van der Waals surface area (Å²) in [5.41, 5.74) is 0. The third-order valence-electron chi connectivity index (χ3n) is 4.47. The minimum atomic E-state index is -0.133. The van der Waals surface area contributed by atoms with Gasteiger partial charge in [0, 0.05) is 51.7 Å². The van der Waals surface area contributed by atoms with Crippen molar-refractivity contribution in [2.45, 2.75) is 39.2 Å². The summed E-state index contributed by atoms with van der Waals surface area (Å²) in [6.07, 6.45) is 2.34. The third kappa shape index (κ3) is 5.94. The molecule has 2 saturated heterocycles. The van der Waals surface area contributed by atoms with Crippen LogP contribution in [0.15, 0.2) is 4.99 Å². The summed E-state index contributed by atoms with van der Waals surface area (Å²) >= 11 is 0. The molecule has 0 saturated carbocycles. The lowest BCUT2D eigenvalue weighted by Crippen LogP contribution is -2.46. The molecule has 2 aliphatic rings. The maximum atomic E-state index is 11.4. The normalized spacial score (nSPS) is 22.7. The molecule has 0 amide bonds. The Kier molecular flexibility index (Phi) is 8.32. The third-order valence-corrected chi connectivity index (χ3v) is 4.47. The van der Waals surface area contributed by atoms with E-state index >= 15 is 0 Å². The van der Waals surface area contributed by atoms with Crippen molar-refractivity contribution in [1.82, 2.24) is 15.1 Å². The summed E-state index contributed by atoms with van der Waals surface area (Å²) in [4.78, 5) is 20.9. The van der Waals surface area contributed by atoms with E-state index in [1.165, 1.54) is 6.42 Å². The molecule has 0 aromatic heterocycles. The summed E-state index contributed by atoms with van der Waals surface area (Å²) in [5, 5.41) is 3.38. The van der Waals surface area contributed by atoms with Crippen LogP contribution in [-0.4, -0.2) is 86.9 Å². The van der Waals surface area contributed by atoms with Crippen LogP contribution in [0.1, 0.15) is 33.1 Å². The minimum Gasteiger partial charge on any atom is -0.466 e. The standard InChI is InChI=1S/C17H32N4O3/c1-3-18-17(19-8-5-6-16(22)24-4-2)21-9-7-15(14-21)20-10-12-23-13-11-20/h15H,3-14H2,1-2H3,(H,18,19). The molecule has 0 bridgehead atoms. The van der Waals surface area contributed by atoms with Crippen LogP contribution in [0, 0.1) is 0 Å². The van der Waals surface area contributed by atoms with E-state index < -0.39 is 0 Å². The summed E-state index contributed by atoms with van der Waals surface area (Å²) in [5.74, 6) is 0.836. The lowest BCUT2D eigenvalue weighted by atomic mass is 10.2. The first kappa shape index (κ1) is 19.0. The predicted molar refractivity (Wildman–Crippen MR) is 94.2 cm³/mol. The van der Waals surface area contributed by atoms with Crippen molar-refractivity contribution in [3.8, 4) is 0 Å². The summed E-state index contributed by atoms with van der Waals surface area (Å²) < 4.78 is 10.4. The fourth-order valence-electron chi connectivity index (χ4n) is 3.24. The second-order valence-corrected chi connectivity index (χ2v) is 6.18. The topological polar surface area (TPSA) is 66.4 Å². The van der Waals surface area contributed by atoms with Crippen LogP contribution in [-0.2, 0) is 14.3 Å². The number of carbonyl (C=O) groups is 1. The number of aliphatic imine (C=N–C) groups is 1. The van der Waals surface area contributed by atoms with Crippen LogP contribution in [0.25, 0.3) is 0 Å². The van der Waals surface area contributed by atoms with Gasteiger partial charge in [-0.25, -0.2) is 0 Å². The largest absolute Gasteiger partial charge is 0.466 e. The molecule has 138 valence electrons. The number of carbonyl (C=O) groups excluding carboxylic acids is 1. The minimum absolute atomic E-state index is 0.133. The average Bonchev–Trinajstić information content (AvgIpc) is 3.08. The van der Waals surface area contributed by atoms with E-state index in [1.54, 1.807) is 0 Å². The second-order valence-electron chi connectivity index (χ2n) is 6.18. The fraction of sp³-hybridized carbons (Fsp3) is 0.882. The SMILES string of the molecule is CCNC(=NCCCC(=O)OCC)N1CCC(N2CCOCC2)C1. The monoisotopic (exact) mass is 340 g/mol. The number of rotatable bonds is 7. The van der Waals surface area contributed by atoms with Crippen LogP contribution in [0.3, 0.4) is 0 Å². The van der Waals surface area contributed by atoms with Crippen molar-refractivity contribution in [3.63, 3.8) is 0 Å². The van der Waals surface area contributed by atoms with Gasteiger partial charge in [-0.2, -0.15) is 0 Å². The molecule has 2 heterocycles. The first-order valence-corrected chi connectivity index (χ1v) is 9.25. The van der Waals surface area contributed by atoms with Gasteiger partial charge in [0.1, 0.15) is 0 Å². The van der Waals surface area contributed by atoms with Crippen molar-refractivity contribution in [2.24, 2.45) is 4.99 Å². The van der Waals surface area contributed by atoms with Crippen molar-refractivity contribution in [2.75, 3.05) is 59.1 Å². The molecule has 2 aliphatic heterocycles. The van der Waals surface area contributed by atoms with Gasteiger partial charge in [0.05, 0.1) is 19.8 Å². The molecule has 2 fully saturated rings. The van der Waals surface area contributed by atoms with E-state index in [9.17, 15) is 4.79 Å². The van der Waals surface area contributed by atoms with Gasteiger partial charge in [-0.3, -0.25) is 14.7 Å². The number of nitrogens with one attached hydrogen (secondary N) is 1. The van der Waals surface area contributed by atoms with Crippen molar-refractivity contribution in [3.05, 3.63) is 0 Å². The fourth-order valence-corrected chi connectivity index (χ4v) is 3.24. The highest BCUT2D eigenvalue weighted by Gasteiger charge is 2.30. The zero-order valence-electron chi connectivity index (χ0n) is 15.1. The zero-order chi connectivity index (χ0) is 17.2. The van der Waals surface area contributed by atoms with Crippen molar-refractivity contribution >= 4 is 11.9 Å². The Hall–Kier alpha value is -1.34. The maximum absolute atomic E-state index is 11.4. The highest BCUT2D eigenvalue weighted by molar-refractivity contribution is 5.80. The van der Waals surface area contributed by atoms with E-state index in [0.29, 0.717) is 25.6 Å². The Balaban J connectivity index is 1.79. The molecule has 0 aromatic carbocycles. The summed E-state index contributed by atoms with van der Waals surface area (Å²) in [7, 11) is 0. The Morgan fingerprint density at radius 1 is 1.29 bits per heavy atom. The van der Waals surface area contributed by atoms with E-state index in [0.717, 1.165) is 58.3 Å². The average molecular weight is 340 g/mol. The molecule has 0 radical (unpaired) electrons. The van der Waals surface area contributed by atoms with Crippen molar-refractivity contribution < 1.29 is 14.3 Å². The molecular weight excluding hydrogens is 308 g/mol. The Bertz CT molecular complexity index is 411. The van der Waals surface area contributed by atoms with Gasteiger partial charge in [0.25, 0.3) is 0 Å². The van der Waals surface area contributed by atoms with Crippen LogP contribution in [0.4, 0.5) is 0 Å². The van der Waals surface area contributed by atoms with Crippen LogP contribution in [0.5, 0.6) is 0 Å². The highest BCUT2D eigenvalue weighted by atomic mass is 16.5. The van der Waals surface area contributed by atoms with E-state index in [2.05, 4.69) is 27.0 Å². The van der Waals surface area contributed by atoms with Crippen molar-refractivity contribution in [1.29, 1.82) is 0 Å². The number of hydrogen-bond donors (Lipinski definition) is 1. The number of morpholine rings is 1. The zero-order valence-corrected chi connectivity index (χ0v) is 15.1. The molecule has 0 spiro atoms. The first-order valence-electron chi connectivity index (χ1n) is 9.25. The molecular formula is C17H32N4O3. The quantitative estimate of drug-likeness (QED) is 0.319. The molecule has 1 unspecified atom stereocenters. The summed E-state index contributed by atoms with van der Waals surface area (Å²) in [6.45, 7) is 11.7. The second kappa shape index (κ2) is 10.5. The number of hydrogen-bond acceptors (Lipinski definition) is 5. The van der Waals surface area contributed by atoms with Gasteiger partial charge >= 0.3 is 5.97 Å². The van der Waals surface area contributed by atoms with Gasteiger partial charge in [-0.05, 0) is 26.7 Å². The molecule has 1 atom stereocenters. The smallest absolute Gasteiger partial charge is 0.305 e. The Morgan fingerprint density at radius 3 is 2.79 bits per heavy atom. The Labute approximate surface area is 145 Å². The number of nitrogens with zero attached hydrogens (tertiary/aromatic N) is 3. The Morgan fingerprint density at radius 2 is 2.08 bits per heavy atom. The van der Waals surface area contributed by atoms with Crippen LogP contribution < -0.4 is 5.32 Å². The van der Waals surface area contributed by atoms with E-state index in [1.807, 2.05) is 6.92 Å². The molecule has 7 nitrogen and oxygen atoms in total. The molecule has 24 heavy (non-hydrogen) atoms. The van der Waals surface area contributed by atoms with Gasteiger partial charge in [-0.1, -0.05) is 0 Å². The first-order chi connectivity index (χ1) is 11.7.